The summed E-state index contributed by atoms with van der Waals surface area (Å²) in [5.74, 6) is -0.708. The van der Waals surface area contributed by atoms with Gasteiger partial charge in [0, 0.05) is 12.2 Å². The summed E-state index contributed by atoms with van der Waals surface area (Å²) in [6.45, 7) is 1.63. The highest BCUT2D eigenvalue weighted by atomic mass is 16.3. The standard InChI is InChI=1S/C12H11NO3/c1-8(14)9-3-2-4-10(7-9)13-11(15)5-6-12(13)16/h2-8,14H,1H3. The van der Waals surface area contributed by atoms with Crippen molar-refractivity contribution in [2.45, 2.75) is 13.0 Å². The monoisotopic (exact) mass is 217 g/mol. The van der Waals surface area contributed by atoms with Gasteiger partial charge in [-0.3, -0.25) is 9.59 Å². The third kappa shape index (κ3) is 1.75. The van der Waals surface area contributed by atoms with Gasteiger partial charge in [0.2, 0.25) is 0 Å². The number of rotatable bonds is 2. The molecule has 4 nitrogen and oxygen atoms in total. The van der Waals surface area contributed by atoms with Crippen LogP contribution in [0.2, 0.25) is 0 Å². The molecular formula is C12H11NO3. The molecule has 1 N–H and O–H groups in total. The SMILES string of the molecule is CC(O)c1cccc(N2C(=O)C=CC2=O)c1. The number of imide groups is 1. The largest absolute Gasteiger partial charge is 0.389 e. The number of carbonyl (C=O) groups excluding carboxylic acids is 2. The molecule has 1 aliphatic rings. The fraction of sp³-hybridized carbons (Fsp3) is 0.167. The highest BCUT2D eigenvalue weighted by molar-refractivity contribution is 6.28. The molecule has 1 heterocycles. The molecule has 82 valence electrons. The van der Waals surface area contributed by atoms with Crippen molar-refractivity contribution in [2.75, 3.05) is 4.90 Å². The summed E-state index contributed by atoms with van der Waals surface area (Å²) in [6.07, 6.45) is 1.84. The fourth-order valence-corrected chi connectivity index (χ4v) is 1.58. The van der Waals surface area contributed by atoms with Crippen molar-refractivity contribution < 1.29 is 14.7 Å². The van der Waals surface area contributed by atoms with Gasteiger partial charge in [-0.2, -0.15) is 0 Å². The van der Waals surface area contributed by atoms with Gasteiger partial charge in [0.15, 0.2) is 0 Å². The van der Waals surface area contributed by atoms with Gasteiger partial charge < -0.3 is 5.11 Å². The minimum Gasteiger partial charge on any atom is -0.389 e. The predicted molar refractivity (Wildman–Crippen MR) is 58.7 cm³/mol. The molecule has 1 aromatic rings. The van der Waals surface area contributed by atoms with Gasteiger partial charge in [0.25, 0.3) is 11.8 Å². The lowest BCUT2D eigenvalue weighted by Crippen LogP contribution is -2.29. The van der Waals surface area contributed by atoms with Crippen molar-refractivity contribution in [1.29, 1.82) is 0 Å². The van der Waals surface area contributed by atoms with Crippen LogP contribution in [-0.2, 0) is 9.59 Å². The number of hydrogen-bond acceptors (Lipinski definition) is 3. The lowest BCUT2D eigenvalue weighted by molar-refractivity contribution is -0.119. The van der Waals surface area contributed by atoms with Gasteiger partial charge in [0.1, 0.15) is 0 Å². The van der Waals surface area contributed by atoms with Crippen molar-refractivity contribution in [3.63, 3.8) is 0 Å². The number of benzene rings is 1. The van der Waals surface area contributed by atoms with Gasteiger partial charge in [-0.15, -0.1) is 0 Å². The van der Waals surface area contributed by atoms with Crippen LogP contribution in [0.3, 0.4) is 0 Å². The first kappa shape index (κ1) is 10.6. The van der Waals surface area contributed by atoms with Crippen LogP contribution in [0.15, 0.2) is 36.4 Å². The minimum absolute atomic E-state index is 0.354. The second kappa shape index (κ2) is 3.90. The van der Waals surface area contributed by atoms with Crippen LogP contribution < -0.4 is 4.90 Å². The number of carbonyl (C=O) groups is 2. The van der Waals surface area contributed by atoms with Crippen molar-refractivity contribution in [2.24, 2.45) is 0 Å². The topological polar surface area (TPSA) is 57.6 Å². The van der Waals surface area contributed by atoms with Crippen molar-refractivity contribution >= 4 is 17.5 Å². The molecule has 0 radical (unpaired) electrons. The number of hydrogen-bond donors (Lipinski definition) is 1. The summed E-state index contributed by atoms with van der Waals surface area (Å²) in [5, 5.41) is 9.42. The first-order valence-electron chi connectivity index (χ1n) is 4.94. The highest BCUT2D eigenvalue weighted by Crippen LogP contribution is 2.22. The van der Waals surface area contributed by atoms with Crippen LogP contribution in [0, 0.1) is 0 Å². The second-order valence-corrected chi connectivity index (χ2v) is 3.62. The molecule has 1 aliphatic heterocycles. The van der Waals surface area contributed by atoms with E-state index < -0.39 is 6.10 Å². The Morgan fingerprint density at radius 3 is 2.38 bits per heavy atom. The van der Waals surface area contributed by atoms with E-state index in [4.69, 9.17) is 0 Å². The van der Waals surface area contributed by atoms with E-state index in [0.29, 0.717) is 11.3 Å². The Labute approximate surface area is 92.8 Å². The quantitative estimate of drug-likeness (QED) is 0.756. The van der Waals surface area contributed by atoms with E-state index in [1.54, 1.807) is 31.2 Å². The molecule has 0 spiro atoms. The maximum atomic E-state index is 11.4. The molecule has 1 atom stereocenters. The molecule has 0 aromatic heterocycles. The van der Waals surface area contributed by atoms with E-state index in [-0.39, 0.29) is 11.8 Å². The normalized spacial score (nSPS) is 17.0. The van der Waals surface area contributed by atoms with E-state index >= 15 is 0 Å². The maximum absolute atomic E-state index is 11.4. The van der Waals surface area contributed by atoms with Gasteiger partial charge in [-0.25, -0.2) is 4.90 Å². The average Bonchev–Trinajstić information content (AvgIpc) is 2.59. The fourth-order valence-electron chi connectivity index (χ4n) is 1.58. The smallest absolute Gasteiger partial charge is 0.258 e. The molecule has 1 unspecified atom stereocenters. The van der Waals surface area contributed by atoms with E-state index in [1.165, 1.54) is 12.2 Å². The number of amides is 2. The minimum atomic E-state index is -0.624. The Morgan fingerprint density at radius 2 is 1.81 bits per heavy atom. The van der Waals surface area contributed by atoms with E-state index in [1.807, 2.05) is 0 Å². The Morgan fingerprint density at radius 1 is 1.19 bits per heavy atom. The Hall–Kier alpha value is -1.94. The van der Waals surface area contributed by atoms with Crippen molar-refractivity contribution in [3.05, 3.63) is 42.0 Å². The number of anilines is 1. The number of nitrogens with zero attached hydrogens (tertiary/aromatic N) is 1. The number of aliphatic hydroxyl groups is 1. The lowest BCUT2D eigenvalue weighted by atomic mass is 10.1. The first-order valence-corrected chi connectivity index (χ1v) is 4.94. The van der Waals surface area contributed by atoms with Crippen LogP contribution >= 0.6 is 0 Å². The summed E-state index contributed by atoms with van der Waals surface area (Å²) in [5.41, 5.74) is 1.16. The van der Waals surface area contributed by atoms with Gasteiger partial charge >= 0.3 is 0 Å². The third-order valence-corrected chi connectivity index (χ3v) is 2.42. The summed E-state index contributed by atoms with van der Waals surface area (Å²) in [4.78, 5) is 23.9. The Kier molecular flexibility index (Phi) is 2.58. The molecule has 2 rings (SSSR count). The molecule has 1 aromatic carbocycles. The maximum Gasteiger partial charge on any atom is 0.258 e. The predicted octanol–water partition coefficient (Wildman–Crippen LogP) is 1.17. The lowest BCUT2D eigenvalue weighted by Gasteiger charge is -2.15. The van der Waals surface area contributed by atoms with Crippen LogP contribution in [0.4, 0.5) is 5.69 Å². The molecule has 2 amide bonds. The first-order chi connectivity index (χ1) is 7.59. The van der Waals surface area contributed by atoms with E-state index in [0.717, 1.165) is 4.90 Å². The molecule has 0 bridgehead atoms. The summed E-state index contributed by atoms with van der Waals surface area (Å²) < 4.78 is 0. The zero-order valence-electron chi connectivity index (χ0n) is 8.75. The molecule has 0 saturated carbocycles. The van der Waals surface area contributed by atoms with Crippen molar-refractivity contribution in [3.8, 4) is 0 Å². The molecule has 16 heavy (non-hydrogen) atoms. The molecule has 0 fully saturated rings. The molecule has 0 aliphatic carbocycles. The zero-order valence-corrected chi connectivity index (χ0v) is 8.75. The molecule has 0 saturated heterocycles. The van der Waals surface area contributed by atoms with Gasteiger partial charge in [-0.1, -0.05) is 12.1 Å². The van der Waals surface area contributed by atoms with Crippen LogP contribution in [0.1, 0.15) is 18.6 Å². The zero-order chi connectivity index (χ0) is 11.7. The molecule has 4 heteroatoms. The van der Waals surface area contributed by atoms with E-state index in [2.05, 4.69) is 0 Å². The second-order valence-electron chi connectivity index (χ2n) is 3.62. The Balaban J connectivity index is 2.38. The Bertz CT molecular complexity index is 459. The van der Waals surface area contributed by atoms with Crippen LogP contribution in [0.5, 0.6) is 0 Å². The average molecular weight is 217 g/mol. The van der Waals surface area contributed by atoms with Gasteiger partial charge in [-0.05, 0) is 24.6 Å². The summed E-state index contributed by atoms with van der Waals surface area (Å²) in [6, 6.07) is 6.74. The summed E-state index contributed by atoms with van der Waals surface area (Å²) in [7, 11) is 0. The summed E-state index contributed by atoms with van der Waals surface area (Å²) >= 11 is 0. The van der Waals surface area contributed by atoms with Crippen LogP contribution in [0.25, 0.3) is 0 Å². The number of aliphatic hydroxyl groups excluding tert-OH is 1. The van der Waals surface area contributed by atoms with E-state index in [9.17, 15) is 14.7 Å². The molecular weight excluding hydrogens is 206 g/mol. The van der Waals surface area contributed by atoms with Gasteiger partial charge in [0.05, 0.1) is 11.8 Å². The third-order valence-electron chi connectivity index (χ3n) is 2.42. The van der Waals surface area contributed by atoms with Crippen LogP contribution in [-0.4, -0.2) is 16.9 Å². The highest BCUT2D eigenvalue weighted by Gasteiger charge is 2.25. The van der Waals surface area contributed by atoms with Crippen molar-refractivity contribution in [1.82, 2.24) is 0 Å².